The quantitative estimate of drug-likeness (QED) is 0.770. The number of aromatic nitrogens is 2. The smallest absolute Gasteiger partial charge is 0.292 e. The first kappa shape index (κ1) is 13.6. The summed E-state index contributed by atoms with van der Waals surface area (Å²) in [5, 5.41) is 6.27. The molecule has 0 radical (unpaired) electrons. The first-order chi connectivity index (χ1) is 8.08. The number of nitrogens with zero attached hydrogens (tertiary/aromatic N) is 2. The summed E-state index contributed by atoms with van der Waals surface area (Å²) in [5.74, 6) is 0.711. The minimum atomic E-state index is -0.317. The van der Waals surface area contributed by atoms with Crippen molar-refractivity contribution in [1.82, 2.24) is 15.5 Å². The van der Waals surface area contributed by atoms with Crippen molar-refractivity contribution >= 4 is 5.91 Å². The van der Waals surface area contributed by atoms with Gasteiger partial charge in [0.05, 0.1) is 5.92 Å². The fourth-order valence-corrected chi connectivity index (χ4v) is 1.60. The van der Waals surface area contributed by atoms with Crippen molar-refractivity contribution < 1.29 is 9.32 Å². The van der Waals surface area contributed by atoms with E-state index in [1.165, 1.54) is 0 Å². The summed E-state index contributed by atoms with van der Waals surface area (Å²) < 4.78 is 5.08. The highest BCUT2D eigenvalue weighted by atomic mass is 16.5. The zero-order valence-electron chi connectivity index (χ0n) is 10.6. The van der Waals surface area contributed by atoms with Crippen LogP contribution in [0.5, 0.6) is 0 Å². The monoisotopic (exact) mass is 240 g/mol. The van der Waals surface area contributed by atoms with E-state index in [4.69, 9.17) is 10.3 Å². The van der Waals surface area contributed by atoms with E-state index in [0.29, 0.717) is 24.9 Å². The molecule has 1 amide bonds. The van der Waals surface area contributed by atoms with Gasteiger partial charge in [-0.25, -0.2) is 0 Å². The molecule has 0 bridgehead atoms. The van der Waals surface area contributed by atoms with Crippen LogP contribution in [0.3, 0.4) is 0 Å². The van der Waals surface area contributed by atoms with Crippen molar-refractivity contribution in [1.29, 1.82) is 0 Å². The van der Waals surface area contributed by atoms with Crippen LogP contribution in [0.2, 0.25) is 0 Å². The normalized spacial score (nSPS) is 12.8. The standard InChI is InChI=1S/C11H20N4O2/c1-4-13-10(16)9-14-11(17-15-9)8(6-12)5-7(2)3/h7-8H,4-6,12H2,1-3H3,(H,13,16). The first-order valence-electron chi connectivity index (χ1n) is 5.90. The Balaban J connectivity index is 2.74. The Hall–Kier alpha value is -1.43. The minimum Gasteiger partial charge on any atom is -0.349 e. The summed E-state index contributed by atoms with van der Waals surface area (Å²) in [6.45, 7) is 7.01. The van der Waals surface area contributed by atoms with Gasteiger partial charge in [-0.2, -0.15) is 4.98 Å². The fraction of sp³-hybridized carbons (Fsp3) is 0.727. The molecule has 0 aromatic carbocycles. The Kier molecular flexibility index (Phi) is 5.09. The summed E-state index contributed by atoms with van der Waals surface area (Å²) >= 11 is 0. The second-order valence-electron chi connectivity index (χ2n) is 4.38. The van der Waals surface area contributed by atoms with E-state index >= 15 is 0 Å². The molecule has 1 unspecified atom stereocenters. The lowest BCUT2D eigenvalue weighted by molar-refractivity contribution is 0.0942. The highest BCUT2D eigenvalue weighted by Gasteiger charge is 2.21. The van der Waals surface area contributed by atoms with Crippen LogP contribution in [0.25, 0.3) is 0 Å². The van der Waals surface area contributed by atoms with Gasteiger partial charge in [0.2, 0.25) is 5.89 Å². The number of carbonyl (C=O) groups excluding carboxylic acids is 1. The van der Waals surface area contributed by atoms with E-state index in [-0.39, 0.29) is 17.6 Å². The van der Waals surface area contributed by atoms with Crippen LogP contribution in [0.15, 0.2) is 4.52 Å². The molecule has 0 spiro atoms. The highest BCUT2D eigenvalue weighted by Crippen LogP contribution is 2.21. The van der Waals surface area contributed by atoms with E-state index in [0.717, 1.165) is 6.42 Å². The van der Waals surface area contributed by atoms with Crippen molar-refractivity contribution in [2.45, 2.75) is 33.1 Å². The van der Waals surface area contributed by atoms with Gasteiger partial charge in [0.25, 0.3) is 11.7 Å². The van der Waals surface area contributed by atoms with E-state index < -0.39 is 0 Å². The molecule has 0 saturated heterocycles. The number of hydrogen-bond donors (Lipinski definition) is 2. The number of carbonyl (C=O) groups is 1. The molecule has 1 heterocycles. The zero-order chi connectivity index (χ0) is 12.8. The third kappa shape index (κ3) is 3.81. The average molecular weight is 240 g/mol. The molecule has 96 valence electrons. The summed E-state index contributed by atoms with van der Waals surface area (Å²) in [5.41, 5.74) is 5.67. The van der Waals surface area contributed by atoms with E-state index in [1.807, 2.05) is 6.92 Å². The van der Waals surface area contributed by atoms with Gasteiger partial charge in [-0.15, -0.1) is 0 Å². The molecule has 0 fully saturated rings. The third-order valence-electron chi connectivity index (χ3n) is 2.37. The maximum Gasteiger partial charge on any atom is 0.292 e. The molecular formula is C11H20N4O2. The Bertz CT molecular complexity index is 362. The summed E-state index contributed by atoms with van der Waals surface area (Å²) in [7, 11) is 0. The molecular weight excluding hydrogens is 220 g/mol. The van der Waals surface area contributed by atoms with Crippen molar-refractivity contribution in [3.8, 4) is 0 Å². The van der Waals surface area contributed by atoms with Crippen LogP contribution in [0, 0.1) is 5.92 Å². The number of rotatable bonds is 6. The van der Waals surface area contributed by atoms with Gasteiger partial charge < -0.3 is 15.6 Å². The molecule has 0 aliphatic carbocycles. The van der Waals surface area contributed by atoms with E-state index in [1.54, 1.807) is 0 Å². The predicted octanol–water partition coefficient (Wildman–Crippen LogP) is 0.908. The maximum absolute atomic E-state index is 11.5. The molecule has 0 aliphatic heterocycles. The molecule has 1 rings (SSSR count). The van der Waals surface area contributed by atoms with E-state index in [2.05, 4.69) is 29.3 Å². The van der Waals surface area contributed by atoms with Crippen LogP contribution in [0.1, 0.15) is 49.6 Å². The summed E-state index contributed by atoms with van der Waals surface area (Å²) in [6, 6.07) is 0. The van der Waals surface area contributed by atoms with Gasteiger partial charge in [0.15, 0.2) is 0 Å². The molecule has 17 heavy (non-hydrogen) atoms. The van der Waals surface area contributed by atoms with Gasteiger partial charge in [0.1, 0.15) is 0 Å². The van der Waals surface area contributed by atoms with E-state index in [9.17, 15) is 4.79 Å². The lowest BCUT2D eigenvalue weighted by Crippen LogP contribution is -2.24. The lowest BCUT2D eigenvalue weighted by atomic mass is 9.97. The number of hydrogen-bond acceptors (Lipinski definition) is 5. The number of nitrogens with two attached hydrogens (primary N) is 1. The van der Waals surface area contributed by atoms with Crippen molar-refractivity contribution in [2.75, 3.05) is 13.1 Å². The van der Waals surface area contributed by atoms with Crippen molar-refractivity contribution in [3.63, 3.8) is 0 Å². The molecule has 1 aromatic rings. The van der Waals surface area contributed by atoms with Gasteiger partial charge >= 0.3 is 0 Å². The topological polar surface area (TPSA) is 94.0 Å². The predicted molar refractivity (Wildman–Crippen MR) is 63.6 cm³/mol. The first-order valence-corrected chi connectivity index (χ1v) is 5.90. The van der Waals surface area contributed by atoms with Gasteiger partial charge in [-0.05, 0) is 19.3 Å². The lowest BCUT2D eigenvalue weighted by Gasteiger charge is -2.11. The van der Waals surface area contributed by atoms with Crippen LogP contribution in [-0.4, -0.2) is 29.1 Å². The number of amides is 1. The molecule has 6 heteroatoms. The molecule has 1 atom stereocenters. The van der Waals surface area contributed by atoms with Crippen LogP contribution < -0.4 is 11.1 Å². The molecule has 1 aromatic heterocycles. The Morgan fingerprint density at radius 1 is 1.53 bits per heavy atom. The van der Waals surface area contributed by atoms with Crippen molar-refractivity contribution in [2.24, 2.45) is 11.7 Å². The van der Waals surface area contributed by atoms with Crippen LogP contribution in [0.4, 0.5) is 0 Å². The Morgan fingerprint density at radius 2 is 2.24 bits per heavy atom. The molecule has 3 N–H and O–H groups in total. The Labute approximate surface area is 101 Å². The minimum absolute atomic E-state index is 0.0191. The van der Waals surface area contributed by atoms with Gasteiger partial charge in [0, 0.05) is 13.1 Å². The van der Waals surface area contributed by atoms with Crippen LogP contribution in [-0.2, 0) is 0 Å². The summed E-state index contributed by atoms with van der Waals surface area (Å²) in [6.07, 6.45) is 0.869. The largest absolute Gasteiger partial charge is 0.349 e. The number of nitrogens with one attached hydrogen (secondary N) is 1. The second-order valence-corrected chi connectivity index (χ2v) is 4.38. The van der Waals surface area contributed by atoms with Gasteiger partial charge in [-0.1, -0.05) is 19.0 Å². The SMILES string of the molecule is CCNC(=O)c1noc(C(CN)CC(C)C)n1. The fourth-order valence-electron chi connectivity index (χ4n) is 1.60. The third-order valence-corrected chi connectivity index (χ3v) is 2.37. The Morgan fingerprint density at radius 3 is 2.76 bits per heavy atom. The molecule has 6 nitrogen and oxygen atoms in total. The van der Waals surface area contributed by atoms with Crippen LogP contribution >= 0.6 is 0 Å². The van der Waals surface area contributed by atoms with Crippen molar-refractivity contribution in [3.05, 3.63) is 11.7 Å². The molecule has 0 saturated carbocycles. The van der Waals surface area contributed by atoms with Gasteiger partial charge in [-0.3, -0.25) is 4.79 Å². The highest BCUT2D eigenvalue weighted by molar-refractivity contribution is 5.90. The average Bonchev–Trinajstić information content (AvgIpc) is 2.75. The zero-order valence-corrected chi connectivity index (χ0v) is 10.6. The molecule has 0 aliphatic rings. The maximum atomic E-state index is 11.5. The summed E-state index contributed by atoms with van der Waals surface area (Å²) in [4.78, 5) is 15.5. The second kappa shape index (κ2) is 6.34.